The molecule has 1 saturated heterocycles. The fourth-order valence-electron chi connectivity index (χ4n) is 4.97. The predicted molar refractivity (Wildman–Crippen MR) is 139 cm³/mol. The molecule has 1 atom stereocenters. The number of ether oxygens (including phenoxy) is 1. The van der Waals surface area contributed by atoms with Crippen LogP contribution in [0.3, 0.4) is 0 Å². The number of carbonyl (C=O) groups is 1. The van der Waals surface area contributed by atoms with E-state index in [0.717, 1.165) is 51.9 Å². The Morgan fingerprint density at radius 1 is 1.22 bits per heavy atom. The van der Waals surface area contributed by atoms with Crippen molar-refractivity contribution in [2.75, 3.05) is 24.7 Å². The highest BCUT2D eigenvalue weighted by Gasteiger charge is 2.26. The van der Waals surface area contributed by atoms with Crippen LogP contribution in [0.2, 0.25) is 0 Å². The largest absolute Gasteiger partial charge is 0.377 e. The van der Waals surface area contributed by atoms with Crippen molar-refractivity contribution in [2.24, 2.45) is 5.73 Å². The maximum atomic E-state index is 11.7. The van der Waals surface area contributed by atoms with Crippen molar-refractivity contribution in [3.63, 3.8) is 0 Å². The molecule has 11 nitrogen and oxygen atoms in total. The Bertz CT molecular complexity index is 1620. The molecule has 1 amide bonds. The number of nitrogens with two attached hydrogens (primary N) is 1. The number of aromatic nitrogens is 7. The number of anilines is 1. The van der Waals surface area contributed by atoms with Gasteiger partial charge in [0.2, 0.25) is 5.91 Å². The predicted octanol–water partition coefficient (Wildman–Crippen LogP) is 2.91. The van der Waals surface area contributed by atoms with Crippen LogP contribution in [0.15, 0.2) is 49.1 Å². The molecule has 3 N–H and O–H groups in total. The second-order valence-electron chi connectivity index (χ2n) is 9.25. The van der Waals surface area contributed by atoms with Gasteiger partial charge in [0.25, 0.3) is 0 Å². The lowest BCUT2D eigenvalue weighted by atomic mass is 10.1. The third kappa shape index (κ3) is 3.84. The highest BCUT2D eigenvalue weighted by Crippen LogP contribution is 2.34. The fourth-order valence-corrected chi connectivity index (χ4v) is 4.97. The minimum Gasteiger partial charge on any atom is -0.377 e. The smallest absolute Gasteiger partial charge is 0.250 e. The normalized spacial score (nSPS) is 16.0. The van der Waals surface area contributed by atoms with Crippen molar-refractivity contribution in [2.45, 2.75) is 26.8 Å². The summed E-state index contributed by atoms with van der Waals surface area (Å²) in [7, 11) is 0. The third-order valence-electron chi connectivity index (χ3n) is 6.81. The number of nitrogens with zero attached hydrogens (tertiary/aromatic N) is 7. The minimum atomic E-state index is -0.537. The maximum absolute atomic E-state index is 11.7. The van der Waals surface area contributed by atoms with Crippen molar-refractivity contribution in [1.82, 2.24) is 34.3 Å². The summed E-state index contributed by atoms with van der Waals surface area (Å²) in [5, 5.41) is 9.54. The number of amides is 1. The van der Waals surface area contributed by atoms with Crippen LogP contribution >= 0.6 is 0 Å². The number of pyridine rings is 1. The van der Waals surface area contributed by atoms with Crippen molar-refractivity contribution >= 4 is 17.4 Å². The number of nitrogens with one attached hydrogen (secondary N) is 1. The van der Waals surface area contributed by atoms with Crippen molar-refractivity contribution in [3.05, 3.63) is 66.0 Å². The summed E-state index contributed by atoms with van der Waals surface area (Å²) in [4.78, 5) is 26.5. The number of aromatic amines is 1. The van der Waals surface area contributed by atoms with E-state index in [1.807, 2.05) is 42.9 Å². The van der Waals surface area contributed by atoms with Gasteiger partial charge in [-0.2, -0.15) is 10.2 Å². The Morgan fingerprint density at radius 3 is 2.84 bits per heavy atom. The number of fused-ring (bicyclic) bond motifs is 1. The van der Waals surface area contributed by atoms with Gasteiger partial charge in [0, 0.05) is 30.6 Å². The molecule has 1 fully saturated rings. The van der Waals surface area contributed by atoms with Gasteiger partial charge in [0.05, 0.1) is 71.2 Å². The van der Waals surface area contributed by atoms with E-state index in [9.17, 15) is 4.79 Å². The molecule has 188 valence electrons. The SMILES string of the molecule is Cc1nn(-c2cncc(C(N)=O)c2)c(C)c1-c1cc(N2CCOC[C@H]2C)nc2c(-c3ccc[nH]3)cnn12. The first kappa shape index (κ1) is 22.9. The van der Waals surface area contributed by atoms with Gasteiger partial charge in [-0.15, -0.1) is 0 Å². The molecular formula is C26H27N9O2. The molecular weight excluding hydrogens is 470 g/mol. The van der Waals surface area contributed by atoms with Crippen molar-refractivity contribution < 1.29 is 9.53 Å². The van der Waals surface area contributed by atoms with Crippen LogP contribution in [0, 0.1) is 13.8 Å². The number of H-pyrrole nitrogens is 1. The van der Waals surface area contributed by atoms with Crippen LogP contribution < -0.4 is 10.6 Å². The van der Waals surface area contributed by atoms with E-state index in [4.69, 9.17) is 25.7 Å². The van der Waals surface area contributed by atoms with Gasteiger partial charge in [-0.25, -0.2) is 14.2 Å². The number of aryl methyl sites for hydroxylation is 1. The van der Waals surface area contributed by atoms with E-state index in [2.05, 4.69) is 27.9 Å². The summed E-state index contributed by atoms with van der Waals surface area (Å²) in [6.45, 7) is 8.13. The molecule has 0 aliphatic carbocycles. The molecule has 1 aliphatic rings. The number of hydrogen-bond acceptors (Lipinski definition) is 7. The lowest BCUT2D eigenvalue weighted by Gasteiger charge is -2.34. The van der Waals surface area contributed by atoms with Crippen LogP contribution in [0.4, 0.5) is 5.82 Å². The van der Waals surface area contributed by atoms with Crippen molar-refractivity contribution in [1.29, 1.82) is 0 Å². The monoisotopic (exact) mass is 497 g/mol. The molecule has 6 heterocycles. The lowest BCUT2D eigenvalue weighted by Crippen LogP contribution is -2.44. The van der Waals surface area contributed by atoms with Crippen LogP contribution in [0.1, 0.15) is 28.7 Å². The fraction of sp³-hybridized carbons (Fsp3) is 0.269. The number of primary amides is 1. The molecule has 11 heteroatoms. The van der Waals surface area contributed by atoms with E-state index in [1.165, 1.54) is 6.20 Å². The average molecular weight is 498 g/mol. The highest BCUT2D eigenvalue weighted by molar-refractivity contribution is 5.93. The molecule has 0 bridgehead atoms. The molecule has 1 aliphatic heterocycles. The first-order chi connectivity index (χ1) is 17.9. The highest BCUT2D eigenvalue weighted by atomic mass is 16.5. The van der Waals surface area contributed by atoms with Crippen LogP contribution in [-0.2, 0) is 4.74 Å². The topological polar surface area (TPSA) is 132 Å². The van der Waals surface area contributed by atoms with E-state index >= 15 is 0 Å². The molecule has 6 rings (SSSR count). The third-order valence-corrected chi connectivity index (χ3v) is 6.81. The Morgan fingerprint density at radius 2 is 2.08 bits per heavy atom. The number of hydrogen-bond donors (Lipinski definition) is 2. The minimum absolute atomic E-state index is 0.181. The van der Waals surface area contributed by atoms with E-state index < -0.39 is 5.91 Å². The van der Waals surface area contributed by atoms with E-state index in [-0.39, 0.29) is 6.04 Å². The second kappa shape index (κ2) is 8.86. The summed E-state index contributed by atoms with van der Waals surface area (Å²) < 4.78 is 9.32. The number of carbonyl (C=O) groups excluding carboxylic acids is 1. The summed E-state index contributed by atoms with van der Waals surface area (Å²) in [6, 6.07) is 7.91. The van der Waals surface area contributed by atoms with E-state index in [0.29, 0.717) is 24.5 Å². The Kier molecular flexibility index (Phi) is 5.49. The van der Waals surface area contributed by atoms with Gasteiger partial charge < -0.3 is 20.4 Å². The molecule has 5 aromatic rings. The molecule has 0 radical (unpaired) electrons. The zero-order chi connectivity index (χ0) is 25.7. The molecule has 37 heavy (non-hydrogen) atoms. The first-order valence-corrected chi connectivity index (χ1v) is 12.1. The van der Waals surface area contributed by atoms with Crippen molar-refractivity contribution in [3.8, 4) is 28.2 Å². The van der Waals surface area contributed by atoms with Gasteiger partial charge in [-0.05, 0) is 39.0 Å². The van der Waals surface area contributed by atoms with Crippen LogP contribution in [-0.4, -0.2) is 66.1 Å². The summed E-state index contributed by atoms with van der Waals surface area (Å²) in [6.07, 6.45) is 6.84. The molecule has 5 aromatic heterocycles. The lowest BCUT2D eigenvalue weighted by molar-refractivity contribution is 0.0985. The molecule has 0 saturated carbocycles. The summed E-state index contributed by atoms with van der Waals surface area (Å²) in [5.41, 5.74) is 12.6. The molecule has 0 unspecified atom stereocenters. The summed E-state index contributed by atoms with van der Waals surface area (Å²) in [5.74, 6) is 0.320. The summed E-state index contributed by atoms with van der Waals surface area (Å²) >= 11 is 0. The quantitative estimate of drug-likeness (QED) is 0.381. The van der Waals surface area contributed by atoms with E-state index in [1.54, 1.807) is 16.9 Å². The Hall–Kier alpha value is -4.51. The number of rotatable bonds is 5. The van der Waals surface area contributed by atoms with Crippen LogP contribution in [0.5, 0.6) is 0 Å². The molecule has 0 aromatic carbocycles. The Labute approximate surface area is 212 Å². The maximum Gasteiger partial charge on any atom is 0.250 e. The Balaban J connectivity index is 1.57. The second-order valence-corrected chi connectivity index (χ2v) is 9.25. The van der Waals surface area contributed by atoms with Gasteiger partial charge in [-0.1, -0.05) is 0 Å². The first-order valence-electron chi connectivity index (χ1n) is 12.1. The van der Waals surface area contributed by atoms with Crippen LogP contribution in [0.25, 0.3) is 33.8 Å². The van der Waals surface area contributed by atoms with Gasteiger partial charge in [0.15, 0.2) is 5.65 Å². The zero-order valence-electron chi connectivity index (χ0n) is 20.8. The zero-order valence-corrected chi connectivity index (χ0v) is 20.8. The van der Waals surface area contributed by atoms with Gasteiger partial charge >= 0.3 is 0 Å². The van der Waals surface area contributed by atoms with Gasteiger partial charge in [-0.3, -0.25) is 9.78 Å². The average Bonchev–Trinajstić information content (AvgIpc) is 3.63. The van der Waals surface area contributed by atoms with Gasteiger partial charge in [0.1, 0.15) is 5.82 Å². The number of morpholine rings is 1. The standard InChI is InChI=1S/C26H27N9O2/c1-15-14-37-8-7-33(15)23-10-22(35-26(31-23)20(13-30-35)21-5-4-6-29-21)24-16(2)32-34(17(24)3)19-9-18(25(27)36)11-28-12-19/h4-6,9-13,15,29H,7-8,14H2,1-3H3,(H2,27,36)/t15-/m1/s1. The molecule has 0 spiro atoms.